The van der Waals surface area contributed by atoms with E-state index in [0.29, 0.717) is 12.5 Å². The quantitative estimate of drug-likeness (QED) is 0.558. The molecule has 2 aliphatic rings. The van der Waals surface area contributed by atoms with Gasteiger partial charge in [-0.2, -0.15) is 0 Å². The van der Waals surface area contributed by atoms with Crippen molar-refractivity contribution in [3.05, 3.63) is 24.8 Å². The Bertz CT molecular complexity index is 399. The molecule has 96 valence electrons. The first-order chi connectivity index (χ1) is 8.61. The third kappa shape index (κ3) is 2.58. The van der Waals surface area contributed by atoms with E-state index in [4.69, 9.17) is 0 Å². The summed E-state index contributed by atoms with van der Waals surface area (Å²) in [5.74, 6) is 0.0885. The van der Waals surface area contributed by atoms with Crippen molar-refractivity contribution < 1.29 is 14.4 Å². The summed E-state index contributed by atoms with van der Waals surface area (Å²) in [5, 5.41) is 0. The van der Waals surface area contributed by atoms with Gasteiger partial charge in [-0.05, 0) is 37.7 Å². The molecule has 4 nitrogen and oxygen atoms in total. The lowest BCUT2D eigenvalue weighted by Gasteiger charge is -2.29. The van der Waals surface area contributed by atoms with E-state index in [-0.39, 0.29) is 23.5 Å². The maximum atomic E-state index is 11.5. The van der Waals surface area contributed by atoms with Crippen LogP contribution in [0.1, 0.15) is 25.7 Å². The molecule has 0 aromatic rings. The van der Waals surface area contributed by atoms with E-state index < -0.39 is 0 Å². The number of imide groups is 1. The molecule has 1 fully saturated rings. The number of ketones is 1. The van der Waals surface area contributed by atoms with Gasteiger partial charge in [-0.1, -0.05) is 6.58 Å². The molecule has 0 saturated heterocycles. The van der Waals surface area contributed by atoms with Crippen molar-refractivity contribution in [3.8, 4) is 0 Å². The van der Waals surface area contributed by atoms with Gasteiger partial charge < -0.3 is 0 Å². The van der Waals surface area contributed by atoms with Crippen molar-refractivity contribution in [3.63, 3.8) is 0 Å². The monoisotopic (exact) mass is 247 g/mol. The first-order valence-electron chi connectivity index (χ1n) is 6.31. The van der Waals surface area contributed by atoms with Crippen LogP contribution in [0.15, 0.2) is 24.8 Å². The molecule has 1 aliphatic carbocycles. The van der Waals surface area contributed by atoms with Crippen LogP contribution < -0.4 is 0 Å². The Morgan fingerprint density at radius 1 is 1.22 bits per heavy atom. The molecule has 18 heavy (non-hydrogen) atoms. The number of rotatable bonds is 4. The first kappa shape index (κ1) is 12.7. The van der Waals surface area contributed by atoms with Crippen molar-refractivity contribution in [2.24, 2.45) is 11.8 Å². The highest BCUT2D eigenvalue weighted by molar-refractivity contribution is 6.12. The van der Waals surface area contributed by atoms with Gasteiger partial charge in [-0.3, -0.25) is 19.3 Å². The van der Waals surface area contributed by atoms with Gasteiger partial charge in [0.05, 0.1) is 0 Å². The van der Waals surface area contributed by atoms with E-state index in [1.807, 2.05) is 0 Å². The number of allylic oxidation sites excluding steroid dienone is 1. The van der Waals surface area contributed by atoms with Crippen molar-refractivity contribution in [1.29, 1.82) is 0 Å². The minimum absolute atomic E-state index is 0.0851. The van der Waals surface area contributed by atoms with Crippen LogP contribution in [-0.2, 0) is 14.4 Å². The molecule has 1 heterocycles. The zero-order valence-electron chi connectivity index (χ0n) is 10.3. The summed E-state index contributed by atoms with van der Waals surface area (Å²) in [4.78, 5) is 35.6. The minimum Gasteiger partial charge on any atom is -0.295 e. The molecule has 0 aromatic heterocycles. The summed E-state index contributed by atoms with van der Waals surface area (Å²) in [6.45, 7) is 3.99. The molecule has 4 heteroatoms. The highest BCUT2D eigenvalue weighted by atomic mass is 16.2. The fourth-order valence-corrected chi connectivity index (χ4v) is 2.67. The van der Waals surface area contributed by atoms with Gasteiger partial charge in [0.15, 0.2) is 5.78 Å². The summed E-state index contributed by atoms with van der Waals surface area (Å²) < 4.78 is 0. The van der Waals surface area contributed by atoms with E-state index in [9.17, 15) is 14.4 Å². The highest BCUT2D eigenvalue weighted by Gasteiger charge is 2.30. The van der Waals surface area contributed by atoms with Gasteiger partial charge in [0.25, 0.3) is 11.8 Å². The van der Waals surface area contributed by atoms with Gasteiger partial charge >= 0.3 is 0 Å². The van der Waals surface area contributed by atoms with Gasteiger partial charge in [0.2, 0.25) is 0 Å². The summed E-state index contributed by atoms with van der Waals surface area (Å²) in [7, 11) is 0. The number of amides is 2. The standard InChI is InChI=1S/C14H17NO3/c1-2-12(16)11-5-3-10(4-6-11)9-15-13(17)7-8-14(15)18/h2,7-8,10-11H,1,3-6,9H2. The van der Waals surface area contributed by atoms with Crippen molar-refractivity contribution in [2.75, 3.05) is 6.54 Å². The van der Waals surface area contributed by atoms with Crippen molar-refractivity contribution in [2.45, 2.75) is 25.7 Å². The lowest BCUT2D eigenvalue weighted by atomic mass is 9.80. The van der Waals surface area contributed by atoms with Crippen LogP contribution in [0.3, 0.4) is 0 Å². The molecule has 2 amide bonds. The van der Waals surface area contributed by atoms with Crippen LogP contribution in [0.25, 0.3) is 0 Å². The van der Waals surface area contributed by atoms with Gasteiger partial charge in [-0.15, -0.1) is 0 Å². The van der Waals surface area contributed by atoms with E-state index >= 15 is 0 Å². The summed E-state index contributed by atoms with van der Waals surface area (Å²) >= 11 is 0. The lowest BCUT2D eigenvalue weighted by molar-refractivity contribution is -0.138. The molecule has 0 atom stereocenters. The highest BCUT2D eigenvalue weighted by Crippen LogP contribution is 2.30. The SMILES string of the molecule is C=CC(=O)C1CCC(CN2C(=O)C=CC2=O)CC1. The third-order valence-corrected chi connectivity index (χ3v) is 3.79. The smallest absolute Gasteiger partial charge is 0.253 e. The number of nitrogens with zero attached hydrogens (tertiary/aromatic N) is 1. The number of carbonyl (C=O) groups is 3. The van der Waals surface area contributed by atoms with Crippen LogP contribution in [0.5, 0.6) is 0 Å². The Labute approximate surface area is 106 Å². The van der Waals surface area contributed by atoms with Gasteiger partial charge in [0.1, 0.15) is 0 Å². The molecule has 1 aliphatic heterocycles. The van der Waals surface area contributed by atoms with E-state index in [1.165, 1.54) is 23.1 Å². The summed E-state index contributed by atoms with van der Waals surface area (Å²) in [6, 6.07) is 0. The van der Waals surface area contributed by atoms with E-state index in [1.54, 1.807) is 0 Å². The summed E-state index contributed by atoms with van der Waals surface area (Å²) in [6.07, 6.45) is 7.47. The van der Waals surface area contributed by atoms with Crippen LogP contribution in [0.2, 0.25) is 0 Å². The fourth-order valence-electron chi connectivity index (χ4n) is 2.67. The fraction of sp³-hybridized carbons (Fsp3) is 0.500. The number of hydrogen-bond donors (Lipinski definition) is 0. The van der Waals surface area contributed by atoms with E-state index in [2.05, 4.69) is 6.58 Å². The third-order valence-electron chi connectivity index (χ3n) is 3.79. The van der Waals surface area contributed by atoms with Crippen LogP contribution in [0, 0.1) is 11.8 Å². The van der Waals surface area contributed by atoms with Crippen molar-refractivity contribution in [1.82, 2.24) is 4.90 Å². The zero-order valence-corrected chi connectivity index (χ0v) is 10.3. The Morgan fingerprint density at radius 2 is 1.78 bits per heavy atom. The Morgan fingerprint density at radius 3 is 2.28 bits per heavy atom. The molecule has 0 bridgehead atoms. The van der Waals surface area contributed by atoms with Gasteiger partial charge in [0, 0.05) is 24.6 Å². The normalized spacial score (nSPS) is 27.7. The molecule has 0 unspecified atom stereocenters. The average Bonchev–Trinajstić information content (AvgIpc) is 2.70. The van der Waals surface area contributed by atoms with Crippen LogP contribution in [-0.4, -0.2) is 29.0 Å². The number of carbonyl (C=O) groups excluding carboxylic acids is 3. The summed E-state index contributed by atoms with van der Waals surface area (Å²) in [5.41, 5.74) is 0. The molecule has 0 aromatic carbocycles. The second-order valence-electron chi connectivity index (χ2n) is 4.94. The Kier molecular flexibility index (Phi) is 3.75. The van der Waals surface area contributed by atoms with Crippen LogP contribution in [0.4, 0.5) is 0 Å². The Balaban J connectivity index is 1.84. The predicted octanol–water partition coefficient (Wildman–Crippen LogP) is 1.47. The van der Waals surface area contributed by atoms with E-state index in [0.717, 1.165) is 25.7 Å². The minimum atomic E-state index is -0.218. The van der Waals surface area contributed by atoms with Crippen molar-refractivity contribution >= 4 is 17.6 Å². The first-order valence-corrected chi connectivity index (χ1v) is 6.31. The maximum Gasteiger partial charge on any atom is 0.253 e. The predicted molar refractivity (Wildman–Crippen MR) is 66.5 cm³/mol. The molecule has 0 radical (unpaired) electrons. The zero-order chi connectivity index (χ0) is 13.1. The molecular weight excluding hydrogens is 230 g/mol. The topological polar surface area (TPSA) is 54.5 Å². The maximum absolute atomic E-state index is 11.5. The average molecular weight is 247 g/mol. The molecule has 0 N–H and O–H groups in total. The second kappa shape index (κ2) is 5.29. The molecule has 1 saturated carbocycles. The second-order valence-corrected chi connectivity index (χ2v) is 4.94. The number of hydrogen-bond acceptors (Lipinski definition) is 3. The van der Waals surface area contributed by atoms with Gasteiger partial charge in [-0.25, -0.2) is 0 Å². The Hall–Kier alpha value is -1.71. The molecular formula is C14H17NO3. The molecule has 2 rings (SSSR count). The molecule has 0 spiro atoms. The van der Waals surface area contributed by atoms with Crippen LogP contribution >= 0.6 is 0 Å². The largest absolute Gasteiger partial charge is 0.295 e. The lowest BCUT2D eigenvalue weighted by Crippen LogP contribution is -2.36.